The average molecular weight is 293 g/mol. The highest BCUT2D eigenvalue weighted by molar-refractivity contribution is 5.99. The second kappa shape index (κ2) is 7.98. The van der Waals surface area contributed by atoms with Crippen molar-refractivity contribution < 1.29 is 9.59 Å². The van der Waals surface area contributed by atoms with Crippen LogP contribution in [0.25, 0.3) is 0 Å². The Morgan fingerprint density at radius 1 is 1.24 bits per heavy atom. The third-order valence-corrected chi connectivity index (χ3v) is 3.59. The molecule has 5 nitrogen and oxygen atoms in total. The monoisotopic (exact) mass is 293 g/mol. The van der Waals surface area contributed by atoms with E-state index in [4.69, 9.17) is 0 Å². The third kappa shape index (κ3) is 4.70. The Hall–Kier alpha value is -1.62. The first-order chi connectivity index (χ1) is 9.90. The van der Waals surface area contributed by atoms with E-state index >= 15 is 0 Å². The van der Waals surface area contributed by atoms with Gasteiger partial charge in [-0.15, -0.1) is 0 Å². The van der Waals surface area contributed by atoms with Crippen LogP contribution in [0.4, 0.5) is 0 Å². The Morgan fingerprint density at radius 3 is 2.43 bits per heavy atom. The molecular weight excluding hydrogens is 266 g/mol. The van der Waals surface area contributed by atoms with Crippen LogP contribution in [0.5, 0.6) is 0 Å². The molecule has 0 aliphatic rings. The zero-order chi connectivity index (χ0) is 16.0. The number of nitrogens with zero attached hydrogens (tertiary/aromatic N) is 2. The number of likely N-dealkylation sites (N-methyl/N-ethyl adjacent to an activating group) is 1. The number of carbonyl (C=O) groups is 2. The predicted molar refractivity (Wildman–Crippen MR) is 84.7 cm³/mol. The van der Waals surface area contributed by atoms with Crippen LogP contribution in [0.2, 0.25) is 0 Å². The van der Waals surface area contributed by atoms with Gasteiger partial charge in [0.1, 0.15) is 0 Å². The summed E-state index contributed by atoms with van der Waals surface area (Å²) in [7, 11) is 1.79. The quantitative estimate of drug-likeness (QED) is 0.743. The molecule has 0 bridgehead atoms. The van der Waals surface area contributed by atoms with Crippen LogP contribution in [-0.2, 0) is 11.3 Å². The highest BCUT2D eigenvalue weighted by Gasteiger charge is 2.17. The van der Waals surface area contributed by atoms with Crippen molar-refractivity contribution in [3.8, 4) is 0 Å². The number of rotatable bonds is 8. The molecule has 0 aliphatic heterocycles. The predicted octanol–water partition coefficient (Wildman–Crippen LogP) is 1.77. The molecular formula is C16H27N3O2. The van der Waals surface area contributed by atoms with E-state index in [2.05, 4.69) is 16.8 Å². The van der Waals surface area contributed by atoms with Gasteiger partial charge in [0, 0.05) is 30.0 Å². The molecule has 1 rings (SSSR count). The Bertz CT molecular complexity index is 506. The molecule has 0 spiro atoms. The van der Waals surface area contributed by atoms with Crippen LogP contribution < -0.4 is 5.32 Å². The molecule has 0 fully saturated rings. The highest BCUT2D eigenvalue weighted by Crippen LogP contribution is 2.15. The summed E-state index contributed by atoms with van der Waals surface area (Å²) in [6.45, 7) is 10.1. The number of hydrogen-bond donors (Lipinski definition) is 1. The van der Waals surface area contributed by atoms with E-state index in [9.17, 15) is 9.59 Å². The SMILES string of the molecule is CCCNC(=O)CN(C)CC(=O)c1cc(C)n(CC)c1C. The average Bonchev–Trinajstić information content (AvgIpc) is 2.70. The van der Waals surface area contributed by atoms with Gasteiger partial charge in [0.2, 0.25) is 5.91 Å². The molecule has 0 aromatic carbocycles. The van der Waals surface area contributed by atoms with Crippen LogP contribution in [0, 0.1) is 13.8 Å². The van der Waals surface area contributed by atoms with Gasteiger partial charge in [0.15, 0.2) is 5.78 Å². The molecule has 0 unspecified atom stereocenters. The number of amides is 1. The van der Waals surface area contributed by atoms with E-state index in [0.29, 0.717) is 6.54 Å². The standard InChI is InChI=1S/C16H27N3O2/c1-6-8-17-16(21)11-18(5)10-15(20)14-9-12(3)19(7-2)13(14)4/h9H,6-8,10-11H2,1-5H3,(H,17,21). The number of Topliss-reactive ketones (excluding diaryl/α,β-unsaturated/α-hetero) is 1. The van der Waals surface area contributed by atoms with Gasteiger partial charge < -0.3 is 9.88 Å². The Kier molecular flexibility index (Phi) is 6.62. The minimum absolute atomic E-state index is 0.0359. The minimum Gasteiger partial charge on any atom is -0.355 e. The lowest BCUT2D eigenvalue weighted by molar-refractivity contribution is -0.121. The summed E-state index contributed by atoms with van der Waals surface area (Å²) >= 11 is 0. The summed E-state index contributed by atoms with van der Waals surface area (Å²) in [6.07, 6.45) is 0.914. The first-order valence-electron chi connectivity index (χ1n) is 7.55. The number of nitrogens with one attached hydrogen (secondary N) is 1. The van der Waals surface area contributed by atoms with Crippen molar-refractivity contribution in [3.63, 3.8) is 0 Å². The summed E-state index contributed by atoms with van der Waals surface area (Å²) in [4.78, 5) is 25.8. The molecule has 0 atom stereocenters. The van der Waals surface area contributed by atoms with Gasteiger partial charge in [-0.3, -0.25) is 14.5 Å². The van der Waals surface area contributed by atoms with Crippen LogP contribution >= 0.6 is 0 Å². The molecule has 0 saturated carbocycles. The summed E-state index contributed by atoms with van der Waals surface area (Å²) in [6, 6.07) is 1.94. The zero-order valence-corrected chi connectivity index (χ0v) is 13.8. The van der Waals surface area contributed by atoms with Crippen LogP contribution in [0.1, 0.15) is 42.0 Å². The smallest absolute Gasteiger partial charge is 0.234 e. The van der Waals surface area contributed by atoms with Gasteiger partial charge in [-0.25, -0.2) is 0 Å². The fourth-order valence-corrected chi connectivity index (χ4v) is 2.52. The van der Waals surface area contributed by atoms with Crippen molar-refractivity contribution >= 4 is 11.7 Å². The maximum atomic E-state index is 12.4. The van der Waals surface area contributed by atoms with E-state index in [0.717, 1.165) is 29.9 Å². The normalized spacial score (nSPS) is 11.0. The number of aryl methyl sites for hydroxylation is 1. The van der Waals surface area contributed by atoms with Gasteiger partial charge in [-0.05, 0) is 40.3 Å². The molecule has 21 heavy (non-hydrogen) atoms. The van der Waals surface area contributed by atoms with Crippen molar-refractivity contribution in [3.05, 3.63) is 23.0 Å². The van der Waals surface area contributed by atoms with E-state index in [-0.39, 0.29) is 24.8 Å². The number of aromatic nitrogens is 1. The molecule has 1 amide bonds. The lowest BCUT2D eigenvalue weighted by Gasteiger charge is -2.15. The van der Waals surface area contributed by atoms with Gasteiger partial charge >= 0.3 is 0 Å². The molecule has 0 aliphatic carbocycles. The van der Waals surface area contributed by atoms with Crippen LogP contribution in [-0.4, -0.2) is 47.8 Å². The molecule has 1 aromatic heterocycles. The molecule has 1 aromatic rings. The first kappa shape index (κ1) is 17.4. The maximum Gasteiger partial charge on any atom is 0.234 e. The molecule has 0 saturated heterocycles. The Labute approximate surface area is 127 Å². The van der Waals surface area contributed by atoms with Crippen molar-refractivity contribution in [1.29, 1.82) is 0 Å². The molecule has 1 heterocycles. The van der Waals surface area contributed by atoms with E-state index in [1.807, 2.05) is 26.8 Å². The fraction of sp³-hybridized carbons (Fsp3) is 0.625. The molecule has 118 valence electrons. The zero-order valence-electron chi connectivity index (χ0n) is 13.8. The lowest BCUT2D eigenvalue weighted by atomic mass is 10.1. The van der Waals surface area contributed by atoms with Gasteiger partial charge in [0.05, 0.1) is 13.1 Å². The van der Waals surface area contributed by atoms with Gasteiger partial charge in [-0.1, -0.05) is 6.92 Å². The van der Waals surface area contributed by atoms with Crippen LogP contribution in [0.3, 0.4) is 0 Å². The van der Waals surface area contributed by atoms with Crippen molar-refractivity contribution in [2.75, 3.05) is 26.7 Å². The Balaban J connectivity index is 2.62. The van der Waals surface area contributed by atoms with Gasteiger partial charge in [-0.2, -0.15) is 0 Å². The van der Waals surface area contributed by atoms with Crippen molar-refractivity contribution in [2.45, 2.75) is 40.7 Å². The summed E-state index contributed by atoms with van der Waals surface area (Å²) < 4.78 is 2.13. The van der Waals surface area contributed by atoms with E-state index in [1.165, 1.54) is 0 Å². The second-order valence-corrected chi connectivity index (χ2v) is 5.47. The maximum absolute atomic E-state index is 12.4. The van der Waals surface area contributed by atoms with E-state index in [1.54, 1.807) is 11.9 Å². The number of ketones is 1. The second-order valence-electron chi connectivity index (χ2n) is 5.47. The number of carbonyl (C=O) groups excluding carboxylic acids is 2. The molecule has 5 heteroatoms. The lowest BCUT2D eigenvalue weighted by Crippen LogP contribution is -2.37. The van der Waals surface area contributed by atoms with Crippen molar-refractivity contribution in [1.82, 2.24) is 14.8 Å². The largest absolute Gasteiger partial charge is 0.355 e. The Morgan fingerprint density at radius 2 is 1.90 bits per heavy atom. The van der Waals surface area contributed by atoms with Crippen molar-refractivity contribution in [2.24, 2.45) is 0 Å². The molecule has 0 radical (unpaired) electrons. The van der Waals surface area contributed by atoms with E-state index < -0.39 is 0 Å². The topological polar surface area (TPSA) is 54.3 Å². The summed E-state index contributed by atoms with van der Waals surface area (Å²) in [5.74, 6) is 0.0276. The first-order valence-corrected chi connectivity index (χ1v) is 7.55. The number of hydrogen-bond acceptors (Lipinski definition) is 3. The summed E-state index contributed by atoms with van der Waals surface area (Å²) in [5, 5.41) is 2.81. The fourth-order valence-electron chi connectivity index (χ4n) is 2.52. The minimum atomic E-state index is -0.0359. The van der Waals surface area contributed by atoms with Crippen LogP contribution in [0.15, 0.2) is 6.07 Å². The highest BCUT2D eigenvalue weighted by atomic mass is 16.2. The third-order valence-electron chi connectivity index (χ3n) is 3.59. The summed E-state index contributed by atoms with van der Waals surface area (Å²) in [5.41, 5.74) is 2.86. The van der Waals surface area contributed by atoms with Gasteiger partial charge in [0.25, 0.3) is 0 Å². The molecule has 1 N–H and O–H groups in total.